The van der Waals surface area contributed by atoms with Gasteiger partial charge in [0, 0.05) is 35.4 Å². The van der Waals surface area contributed by atoms with E-state index in [4.69, 9.17) is 11.6 Å². The number of benzene rings is 2. The number of nitrogens with zero attached hydrogens (tertiary/aromatic N) is 2. The van der Waals surface area contributed by atoms with Crippen molar-refractivity contribution in [2.24, 2.45) is 0 Å². The Morgan fingerprint density at radius 3 is 2.63 bits per heavy atom. The number of rotatable bonds is 6. The lowest BCUT2D eigenvalue weighted by atomic mass is 10.1. The average molecular weight is 383 g/mol. The Morgan fingerprint density at radius 2 is 1.93 bits per heavy atom. The number of carbonyl (C=O) groups excluding carboxylic acids is 2. The van der Waals surface area contributed by atoms with Gasteiger partial charge in [-0.05, 0) is 43.3 Å². The summed E-state index contributed by atoms with van der Waals surface area (Å²) in [5.41, 5.74) is 1.82. The summed E-state index contributed by atoms with van der Waals surface area (Å²) < 4.78 is 1.65. The van der Waals surface area contributed by atoms with Crippen LogP contribution in [0.15, 0.2) is 67.0 Å². The van der Waals surface area contributed by atoms with Crippen LogP contribution in [0, 0.1) is 0 Å². The van der Waals surface area contributed by atoms with E-state index in [0.717, 1.165) is 0 Å². The van der Waals surface area contributed by atoms with Crippen molar-refractivity contribution >= 4 is 29.1 Å². The second-order valence-electron chi connectivity index (χ2n) is 6.10. The van der Waals surface area contributed by atoms with Crippen molar-refractivity contribution in [3.05, 3.63) is 77.6 Å². The molecule has 6 nitrogen and oxygen atoms in total. The van der Waals surface area contributed by atoms with Crippen molar-refractivity contribution in [3.8, 4) is 5.69 Å². The van der Waals surface area contributed by atoms with E-state index in [1.165, 1.54) is 0 Å². The predicted molar refractivity (Wildman–Crippen MR) is 105 cm³/mol. The number of aromatic nitrogens is 2. The molecule has 138 valence electrons. The maximum atomic E-state index is 12.4. The molecular weight excluding hydrogens is 364 g/mol. The van der Waals surface area contributed by atoms with Crippen molar-refractivity contribution in [2.45, 2.75) is 19.4 Å². The maximum Gasteiger partial charge on any atom is 0.251 e. The summed E-state index contributed by atoms with van der Waals surface area (Å²) in [5.74, 6) is -0.442. The minimum absolute atomic E-state index is 0.129. The molecule has 0 aliphatic heterocycles. The van der Waals surface area contributed by atoms with Crippen LogP contribution >= 0.6 is 11.6 Å². The second-order valence-corrected chi connectivity index (χ2v) is 6.54. The van der Waals surface area contributed by atoms with E-state index < -0.39 is 0 Å². The van der Waals surface area contributed by atoms with Crippen LogP contribution in [0.5, 0.6) is 0 Å². The molecule has 0 aliphatic carbocycles. The van der Waals surface area contributed by atoms with Gasteiger partial charge in [-0.15, -0.1) is 0 Å². The highest BCUT2D eigenvalue weighted by atomic mass is 35.5. The van der Waals surface area contributed by atoms with E-state index in [0.29, 0.717) is 22.0 Å². The van der Waals surface area contributed by atoms with Crippen molar-refractivity contribution in [3.63, 3.8) is 0 Å². The first-order chi connectivity index (χ1) is 13.0. The van der Waals surface area contributed by atoms with Gasteiger partial charge >= 0.3 is 0 Å². The second kappa shape index (κ2) is 8.51. The fourth-order valence-corrected chi connectivity index (χ4v) is 2.82. The SMILES string of the molecule is CC(CC(=O)Nc1cc(Cl)ccc1-n1cccn1)NC(=O)c1ccccc1. The lowest BCUT2D eigenvalue weighted by Gasteiger charge is -2.15. The third-order valence-corrected chi connectivity index (χ3v) is 4.12. The Morgan fingerprint density at radius 1 is 1.15 bits per heavy atom. The van der Waals surface area contributed by atoms with Gasteiger partial charge in [-0.1, -0.05) is 29.8 Å². The number of hydrogen-bond donors (Lipinski definition) is 2. The molecule has 0 saturated carbocycles. The predicted octanol–water partition coefficient (Wildman–Crippen LogP) is 3.67. The quantitative estimate of drug-likeness (QED) is 0.682. The molecule has 3 aromatic rings. The number of carbonyl (C=O) groups is 2. The van der Waals surface area contributed by atoms with Gasteiger partial charge in [0.1, 0.15) is 0 Å². The highest BCUT2D eigenvalue weighted by molar-refractivity contribution is 6.31. The molecule has 2 aromatic carbocycles. The number of amides is 2. The Balaban J connectivity index is 1.64. The first-order valence-corrected chi connectivity index (χ1v) is 8.86. The first-order valence-electron chi connectivity index (χ1n) is 8.48. The maximum absolute atomic E-state index is 12.4. The zero-order valence-corrected chi connectivity index (χ0v) is 15.5. The van der Waals surface area contributed by atoms with Gasteiger partial charge in [0.2, 0.25) is 5.91 Å². The van der Waals surface area contributed by atoms with E-state index in [9.17, 15) is 9.59 Å². The summed E-state index contributed by atoms with van der Waals surface area (Å²) in [6.07, 6.45) is 3.56. The van der Waals surface area contributed by atoms with Crippen LogP contribution in [0.4, 0.5) is 5.69 Å². The Hall–Kier alpha value is -3.12. The summed E-state index contributed by atoms with van der Waals surface area (Å²) in [7, 11) is 0. The molecule has 27 heavy (non-hydrogen) atoms. The topological polar surface area (TPSA) is 76.0 Å². The highest BCUT2D eigenvalue weighted by Gasteiger charge is 2.15. The molecule has 7 heteroatoms. The molecule has 0 bridgehead atoms. The monoisotopic (exact) mass is 382 g/mol. The summed E-state index contributed by atoms with van der Waals surface area (Å²) in [5, 5.41) is 10.4. The largest absolute Gasteiger partial charge is 0.349 e. The molecule has 1 unspecified atom stereocenters. The fraction of sp³-hybridized carbons (Fsp3) is 0.150. The van der Waals surface area contributed by atoms with Gasteiger partial charge in [0.15, 0.2) is 0 Å². The van der Waals surface area contributed by atoms with Crippen molar-refractivity contribution < 1.29 is 9.59 Å². The molecule has 0 radical (unpaired) electrons. The minimum atomic E-state index is -0.329. The van der Waals surface area contributed by atoms with E-state index in [1.807, 2.05) is 6.07 Å². The molecular formula is C20H19ClN4O2. The standard InChI is InChI=1S/C20H19ClN4O2/c1-14(23-20(27)15-6-3-2-4-7-15)12-19(26)24-17-13-16(21)8-9-18(17)25-11-5-10-22-25/h2-11,13-14H,12H2,1H3,(H,23,27)(H,24,26). The Bertz CT molecular complexity index is 926. The van der Waals surface area contributed by atoms with Crippen LogP contribution in [0.2, 0.25) is 5.02 Å². The van der Waals surface area contributed by atoms with Gasteiger partial charge in [-0.25, -0.2) is 4.68 Å². The van der Waals surface area contributed by atoms with Gasteiger partial charge in [-0.2, -0.15) is 5.10 Å². The summed E-state index contributed by atoms with van der Waals surface area (Å²) >= 11 is 6.07. The van der Waals surface area contributed by atoms with Gasteiger partial charge in [0.05, 0.1) is 11.4 Å². The molecule has 1 heterocycles. The van der Waals surface area contributed by atoms with Crippen LogP contribution in [-0.4, -0.2) is 27.6 Å². The molecule has 0 aliphatic rings. The summed E-state index contributed by atoms with van der Waals surface area (Å²) in [6.45, 7) is 1.78. The number of anilines is 1. The molecule has 1 aromatic heterocycles. The molecule has 1 atom stereocenters. The van der Waals surface area contributed by atoms with Crippen molar-refractivity contribution in [2.75, 3.05) is 5.32 Å². The highest BCUT2D eigenvalue weighted by Crippen LogP contribution is 2.24. The van der Waals surface area contributed by atoms with Gasteiger partial charge in [0.25, 0.3) is 5.91 Å². The third-order valence-electron chi connectivity index (χ3n) is 3.89. The van der Waals surface area contributed by atoms with Crippen LogP contribution in [-0.2, 0) is 4.79 Å². The molecule has 3 rings (SSSR count). The molecule has 0 fully saturated rings. The Labute approximate surface area is 162 Å². The fourth-order valence-electron chi connectivity index (χ4n) is 2.65. The van der Waals surface area contributed by atoms with Crippen LogP contribution in [0.1, 0.15) is 23.7 Å². The summed E-state index contributed by atoms with van der Waals surface area (Å²) in [4.78, 5) is 24.6. The molecule has 0 spiro atoms. The van der Waals surface area contributed by atoms with Crippen molar-refractivity contribution in [1.29, 1.82) is 0 Å². The zero-order valence-electron chi connectivity index (χ0n) is 14.7. The number of nitrogens with one attached hydrogen (secondary N) is 2. The zero-order chi connectivity index (χ0) is 19.2. The van der Waals surface area contributed by atoms with Gasteiger partial charge < -0.3 is 10.6 Å². The van der Waals surface area contributed by atoms with Crippen LogP contribution < -0.4 is 10.6 Å². The van der Waals surface area contributed by atoms with Gasteiger partial charge in [-0.3, -0.25) is 9.59 Å². The normalized spacial score (nSPS) is 11.6. The van der Waals surface area contributed by atoms with E-state index in [2.05, 4.69) is 15.7 Å². The minimum Gasteiger partial charge on any atom is -0.349 e. The molecule has 2 amide bonds. The van der Waals surface area contributed by atoms with E-state index >= 15 is 0 Å². The van der Waals surface area contributed by atoms with E-state index in [-0.39, 0.29) is 24.3 Å². The van der Waals surface area contributed by atoms with Crippen molar-refractivity contribution in [1.82, 2.24) is 15.1 Å². The first kappa shape index (κ1) is 18.7. The van der Waals surface area contributed by atoms with Crippen LogP contribution in [0.3, 0.4) is 0 Å². The molecule has 2 N–H and O–H groups in total. The molecule has 0 saturated heterocycles. The third kappa shape index (κ3) is 4.95. The lowest BCUT2D eigenvalue weighted by molar-refractivity contribution is -0.116. The summed E-state index contributed by atoms with van der Waals surface area (Å²) in [6, 6.07) is 15.5. The number of halogens is 1. The average Bonchev–Trinajstić information content (AvgIpc) is 3.16. The number of hydrogen-bond acceptors (Lipinski definition) is 3. The van der Waals surface area contributed by atoms with Crippen LogP contribution in [0.25, 0.3) is 5.69 Å². The smallest absolute Gasteiger partial charge is 0.251 e. The Kier molecular flexibility index (Phi) is 5.88. The van der Waals surface area contributed by atoms with E-state index in [1.54, 1.807) is 72.5 Å². The lowest BCUT2D eigenvalue weighted by Crippen LogP contribution is -2.35.